The van der Waals surface area contributed by atoms with Gasteiger partial charge in [-0.2, -0.15) is 0 Å². The summed E-state index contributed by atoms with van der Waals surface area (Å²) < 4.78 is 0. The minimum absolute atomic E-state index is 0.0590. The van der Waals surface area contributed by atoms with Crippen molar-refractivity contribution in [1.82, 2.24) is 9.97 Å². The van der Waals surface area contributed by atoms with Gasteiger partial charge >= 0.3 is 0 Å². The van der Waals surface area contributed by atoms with E-state index in [1.165, 1.54) is 0 Å². The standard InChI is InChI=1S/C12H18N2O/c1-4-10(5-2)6-11(15)12-13-7-9(3)8-14-12/h7-8,10H,4-6H2,1-3H3. The highest BCUT2D eigenvalue weighted by molar-refractivity contribution is 5.92. The summed E-state index contributed by atoms with van der Waals surface area (Å²) in [5, 5.41) is 0. The van der Waals surface area contributed by atoms with E-state index < -0.39 is 0 Å². The number of rotatable bonds is 5. The van der Waals surface area contributed by atoms with Crippen molar-refractivity contribution in [3.05, 3.63) is 23.8 Å². The molecule has 1 rings (SSSR count). The van der Waals surface area contributed by atoms with Crippen LogP contribution in [-0.2, 0) is 0 Å². The van der Waals surface area contributed by atoms with E-state index >= 15 is 0 Å². The first-order valence-electron chi connectivity index (χ1n) is 5.49. The van der Waals surface area contributed by atoms with Gasteiger partial charge < -0.3 is 0 Å². The highest BCUT2D eigenvalue weighted by Crippen LogP contribution is 2.14. The summed E-state index contributed by atoms with van der Waals surface area (Å²) in [6.45, 7) is 6.13. The lowest BCUT2D eigenvalue weighted by atomic mass is 9.97. The average Bonchev–Trinajstić information content (AvgIpc) is 2.26. The quantitative estimate of drug-likeness (QED) is 0.696. The van der Waals surface area contributed by atoms with Crippen LogP contribution in [0.15, 0.2) is 12.4 Å². The van der Waals surface area contributed by atoms with E-state index in [1.54, 1.807) is 12.4 Å². The van der Waals surface area contributed by atoms with Crippen molar-refractivity contribution in [2.45, 2.75) is 40.0 Å². The number of Topliss-reactive ketones (excluding diaryl/α,β-unsaturated/α-hetero) is 1. The molecule has 0 saturated carbocycles. The van der Waals surface area contributed by atoms with E-state index in [1.807, 2.05) is 6.92 Å². The number of hydrogen-bond donors (Lipinski definition) is 0. The predicted molar refractivity (Wildman–Crippen MR) is 59.8 cm³/mol. The fourth-order valence-corrected chi connectivity index (χ4v) is 1.47. The third kappa shape index (κ3) is 3.42. The lowest BCUT2D eigenvalue weighted by molar-refractivity contribution is 0.0948. The van der Waals surface area contributed by atoms with Crippen molar-refractivity contribution in [2.75, 3.05) is 0 Å². The normalized spacial score (nSPS) is 10.7. The molecule has 0 aliphatic carbocycles. The van der Waals surface area contributed by atoms with Crippen molar-refractivity contribution in [3.63, 3.8) is 0 Å². The Morgan fingerprint density at radius 2 is 1.80 bits per heavy atom. The van der Waals surface area contributed by atoms with Gasteiger partial charge in [0.05, 0.1) is 0 Å². The maximum atomic E-state index is 11.8. The molecule has 15 heavy (non-hydrogen) atoms. The van der Waals surface area contributed by atoms with Gasteiger partial charge in [0.2, 0.25) is 0 Å². The van der Waals surface area contributed by atoms with Crippen LogP contribution in [-0.4, -0.2) is 15.8 Å². The highest BCUT2D eigenvalue weighted by atomic mass is 16.1. The van der Waals surface area contributed by atoms with Crippen molar-refractivity contribution in [1.29, 1.82) is 0 Å². The molecule has 0 spiro atoms. The molecule has 0 amide bonds. The number of hydrogen-bond acceptors (Lipinski definition) is 3. The molecule has 0 bridgehead atoms. The summed E-state index contributed by atoms with van der Waals surface area (Å²) >= 11 is 0. The maximum Gasteiger partial charge on any atom is 0.200 e. The molecule has 0 unspecified atom stereocenters. The van der Waals surface area contributed by atoms with E-state index in [9.17, 15) is 4.79 Å². The summed E-state index contributed by atoms with van der Waals surface area (Å²) in [5.74, 6) is 0.874. The van der Waals surface area contributed by atoms with Crippen molar-refractivity contribution in [3.8, 4) is 0 Å². The van der Waals surface area contributed by atoms with Crippen LogP contribution >= 0.6 is 0 Å². The number of carbonyl (C=O) groups is 1. The van der Waals surface area contributed by atoms with E-state index in [4.69, 9.17) is 0 Å². The zero-order valence-electron chi connectivity index (χ0n) is 9.66. The first kappa shape index (κ1) is 11.8. The van der Waals surface area contributed by atoms with Crippen LogP contribution in [0.5, 0.6) is 0 Å². The van der Waals surface area contributed by atoms with Gasteiger partial charge in [0.25, 0.3) is 0 Å². The first-order valence-corrected chi connectivity index (χ1v) is 5.49. The third-order valence-electron chi connectivity index (χ3n) is 2.66. The van der Waals surface area contributed by atoms with Gasteiger partial charge in [-0.05, 0) is 18.4 Å². The number of aryl methyl sites for hydroxylation is 1. The smallest absolute Gasteiger partial charge is 0.200 e. The fraction of sp³-hybridized carbons (Fsp3) is 0.583. The minimum Gasteiger partial charge on any atom is -0.291 e. The minimum atomic E-state index is 0.0590. The van der Waals surface area contributed by atoms with Gasteiger partial charge in [0, 0.05) is 18.8 Å². The van der Waals surface area contributed by atoms with Crippen molar-refractivity contribution in [2.24, 2.45) is 5.92 Å². The summed E-state index contributed by atoms with van der Waals surface area (Å²) in [6.07, 6.45) is 6.01. The second-order valence-corrected chi connectivity index (χ2v) is 3.89. The predicted octanol–water partition coefficient (Wildman–Crippen LogP) is 2.79. The van der Waals surface area contributed by atoms with Crippen molar-refractivity contribution >= 4 is 5.78 Å². The van der Waals surface area contributed by atoms with Crippen LogP contribution in [0.4, 0.5) is 0 Å². The third-order valence-corrected chi connectivity index (χ3v) is 2.66. The topological polar surface area (TPSA) is 42.9 Å². The summed E-state index contributed by atoms with van der Waals surface area (Å²) in [6, 6.07) is 0. The van der Waals surface area contributed by atoms with Gasteiger partial charge in [-0.3, -0.25) is 4.79 Å². The monoisotopic (exact) mass is 206 g/mol. The van der Waals surface area contributed by atoms with E-state index in [0.29, 0.717) is 18.2 Å². The molecule has 0 aliphatic heterocycles. The lowest BCUT2D eigenvalue weighted by Gasteiger charge is -2.09. The molecule has 0 radical (unpaired) electrons. The molecular formula is C12H18N2O. The largest absolute Gasteiger partial charge is 0.291 e. The lowest BCUT2D eigenvalue weighted by Crippen LogP contribution is -2.10. The molecule has 82 valence electrons. The number of ketones is 1. The second-order valence-electron chi connectivity index (χ2n) is 3.89. The van der Waals surface area contributed by atoms with Crippen LogP contribution < -0.4 is 0 Å². The Hall–Kier alpha value is -1.25. The van der Waals surface area contributed by atoms with Gasteiger partial charge in [0.1, 0.15) is 0 Å². The molecule has 0 atom stereocenters. The Bertz CT molecular complexity index is 315. The second kappa shape index (κ2) is 5.59. The maximum absolute atomic E-state index is 11.8. The number of carbonyl (C=O) groups excluding carboxylic acids is 1. The molecule has 1 aromatic rings. The van der Waals surface area contributed by atoms with Crippen LogP contribution in [0.1, 0.15) is 49.3 Å². The molecule has 0 N–H and O–H groups in total. The molecule has 3 nitrogen and oxygen atoms in total. The van der Waals surface area contributed by atoms with Gasteiger partial charge in [0.15, 0.2) is 11.6 Å². The highest BCUT2D eigenvalue weighted by Gasteiger charge is 2.14. The molecule has 1 aromatic heterocycles. The summed E-state index contributed by atoms with van der Waals surface area (Å²) in [7, 11) is 0. The first-order chi connectivity index (χ1) is 7.17. The summed E-state index contributed by atoms with van der Waals surface area (Å²) in [5.41, 5.74) is 0.981. The number of aromatic nitrogens is 2. The van der Waals surface area contributed by atoms with Gasteiger partial charge in [-0.15, -0.1) is 0 Å². The van der Waals surface area contributed by atoms with E-state index in [-0.39, 0.29) is 5.78 Å². The molecule has 0 saturated heterocycles. The zero-order chi connectivity index (χ0) is 11.3. The molecule has 1 heterocycles. The Kier molecular flexibility index (Phi) is 4.40. The Labute approximate surface area is 91.0 Å². The van der Waals surface area contributed by atoms with Gasteiger partial charge in [-0.25, -0.2) is 9.97 Å². The van der Waals surface area contributed by atoms with Crippen LogP contribution in [0, 0.1) is 12.8 Å². The fourth-order valence-electron chi connectivity index (χ4n) is 1.47. The molecule has 3 heteroatoms. The molecular weight excluding hydrogens is 188 g/mol. The summed E-state index contributed by atoms with van der Waals surface area (Å²) in [4.78, 5) is 19.8. The molecule has 0 aromatic carbocycles. The van der Waals surface area contributed by atoms with Gasteiger partial charge in [-0.1, -0.05) is 26.7 Å². The van der Waals surface area contributed by atoms with Crippen LogP contribution in [0.3, 0.4) is 0 Å². The molecule has 0 fully saturated rings. The SMILES string of the molecule is CCC(CC)CC(=O)c1ncc(C)cn1. The zero-order valence-corrected chi connectivity index (χ0v) is 9.66. The average molecular weight is 206 g/mol. The van der Waals surface area contributed by atoms with Crippen molar-refractivity contribution < 1.29 is 4.79 Å². The number of nitrogens with zero attached hydrogens (tertiary/aromatic N) is 2. The Morgan fingerprint density at radius 1 is 1.27 bits per heavy atom. The Morgan fingerprint density at radius 3 is 2.27 bits per heavy atom. The molecule has 0 aliphatic rings. The van der Waals surface area contributed by atoms with Crippen LogP contribution in [0.25, 0.3) is 0 Å². The van der Waals surface area contributed by atoms with E-state index in [2.05, 4.69) is 23.8 Å². The van der Waals surface area contributed by atoms with E-state index in [0.717, 1.165) is 18.4 Å². The van der Waals surface area contributed by atoms with Crippen LogP contribution in [0.2, 0.25) is 0 Å². The Balaban J connectivity index is 2.64.